The van der Waals surface area contributed by atoms with Gasteiger partial charge in [-0.15, -0.1) is 0 Å². The summed E-state index contributed by atoms with van der Waals surface area (Å²) in [7, 11) is -3.91. The fourth-order valence-corrected chi connectivity index (χ4v) is 5.76. The van der Waals surface area contributed by atoms with E-state index in [0.717, 1.165) is 15.4 Å². The molecule has 0 spiro atoms. The molecule has 3 rings (SSSR count). The van der Waals surface area contributed by atoms with Crippen LogP contribution in [0.5, 0.6) is 0 Å². The SMILES string of the molecule is CCNC(=O)[C@@H](CC)N(Cc1ccccc1C)C(=O)CCCN1C(=O)c2ccccc2S1(=O)=O. The van der Waals surface area contributed by atoms with E-state index in [0.29, 0.717) is 13.0 Å². The van der Waals surface area contributed by atoms with Crippen molar-refractivity contribution in [3.8, 4) is 0 Å². The van der Waals surface area contributed by atoms with Crippen molar-refractivity contribution in [1.82, 2.24) is 14.5 Å². The molecule has 2 aromatic carbocycles. The van der Waals surface area contributed by atoms with Crippen molar-refractivity contribution in [3.05, 3.63) is 65.2 Å². The number of carbonyl (C=O) groups is 3. The summed E-state index contributed by atoms with van der Waals surface area (Å²) in [5, 5.41) is 2.79. The molecule has 0 radical (unpaired) electrons. The minimum Gasteiger partial charge on any atom is -0.355 e. The molecule has 182 valence electrons. The van der Waals surface area contributed by atoms with Crippen LogP contribution < -0.4 is 5.32 Å². The Morgan fingerprint density at radius 2 is 1.74 bits per heavy atom. The Morgan fingerprint density at radius 3 is 2.38 bits per heavy atom. The number of sulfonamides is 1. The quantitative estimate of drug-likeness (QED) is 0.557. The fraction of sp³-hybridized carbons (Fsp3) is 0.400. The number of nitrogens with zero attached hydrogens (tertiary/aromatic N) is 2. The van der Waals surface area contributed by atoms with Crippen molar-refractivity contribution >= 4 is 27.7 Å². The highest BCUT2D eigenvalue weighted by molar-refractivity contribution is 7.90. The third-order valence-corrected chi connectivity index (χ3v) is 7.84. The molecule has 1 N–H and O–H groups in total. The molecule has 8 nitrogen and oxygen atoms in total. The largest absolute Gasteiger partial charge is 0.355 e. The molecule has 0 bridgehead atoms. The van der Waals surface area contributed by atoms with Crippen molar-refractivity contribution in [1.29, 1.82) is 0 Å². The molecule has 1 aliphatic rings. The van der Waals surface area contributed by atoms with Gasteiger partial charge in [0.15, 0.2) is 0 Å². The number of fused-ring (bicyclic) bond motifs is 1. The molecule has 1 heterocycles. The molecular formula is C25H31N3O5S. The minimum atomic E-state index is -3.91. The van der Waals surface area contributed by atoms with Gasteiger partial charge in [0.1, 0.15) is 10.9 Å². The first-order chi connectivity index (χ1) is 16.2. The standard InChI is InChI=1S/C25H31N3O5S/c1-4-21(24(30)26-5-2)27(17-19-12-7-6-11-18(19)3)23(29)15-10-16-28-25(31)20-13-8-9-14-22(20)34(28,32)33/h6-9,11-14,21H,4-5,10,15-17H2,1-3H3,(H,26,30)/t21-/m1/s1. The number of hydrogen-bond donors (Lipinski definition) is 1. The van der Waals surface area contributed by atoms with E-state index in [-0.39, 0.29) is 48.2 Å². The Balaban J connectivity index is 1.75. The summed E-state index contributed by atoms with van der Waals surface area (Å²) >= 11 is 0. The molecule has 0 aliphatic carbocycles. The van der Waals surface area contributed by atoms with Crippen LogP contribution in [0, 0.1) is 6.92 Å². The summed E-state index contributed by atoms with van der Waals surface area (Å²) < 4.78 is 26.3. The molecule has 1 aliphatic heterocycles. The van der Waals surface area contributed by atoms with Crippen molar-refractivity contribution < 1.29 is 22.8 Å². The van der Waals surface area contributed by atoms with E-state index < -0.39 is 22.0 Å². The zero-order valence-corrected chi connectivity index (χ0v) is 20.6. The number of rotatable bonds is 10. The van der Waals surface area contributed by atoms with Crippen molar-refractivity contribution in [2.45, 2.75) is 57.5 Å². The van der Waals surface area contributed by atoms with Crippen LogP contribution in [0.25, 0.3) is 0 Å². The van der Waals surface area contributed by atoms with E-state index in [1.165, 1.54) is 12.1 Å². The summed E-state index contributed by atoms with van der Waals surface area (Å²) in [6.45, 7) is 6.25. The molecule has 0 saturated heterocycles. The first-order valence-corrected chi connectivity index (χ1v) is 12.9. The van der Waals surface area contributed by atoms with E-state index >= 15 is 0 Å². The molecule has 0 fully saturated rings. The van der Waals surface area contributed by atoms with E-state index in [1.54, 1.807) is 17.0 Å². The predicted molar refractivity (Wildman–Crippen MR) is 128 cm³/mol. The highest BCUT2D eigenvalue weighted by Gasteiger charge is 2.40. The molecule has 0 aromatic heterocycles. The third kappa shape index (κ3) is 5.14. The maximum Gasteiger partial charge on any atom is 0.269 e. The number of benzene rings is 2. The smallest absolute Gasteiger partial charge is 0.269 e. The van der Waals surface area contributed by atoms with E-state index in [2.05, 4.69) is 5.32 Å². The molecule has 0 saturated carbocycles. The third-order valence-electron chi connectivity index (χ3n) is 6.00. The predicted octanol–water partition coefficient (Wildman–Crippen LogP) is 2.86. The van der Waals surface area contributed by atoms with Gasteiger partial charge >= 0.3 is 0 Å². The summed E-state index contributed by atoms with van der Waals surface area (Å²) in [4.78, 5) is 40.2. The summed E-state index contributed by atoms with van der Waals surface area (Å²) in [5.41, 5.74) is 2.10. The summed E-state index contributed by atoms with van der Waals surface area (Å²) in [5.74, 6) is -1.06. The monoisotopic (exact) mass is 485 g/mol. The van der Waals surface area contributed by atoms with Gasteiger partial charge < -0.3 is 10.2 Å². The summed E-state index contributed by atoms with van der Waals surface area (Å²) in [6, 6.07) is 13.1. The second-order valence-corrected chi connectivity index (χ2v) is 10.1. The van der Waals surface area contributed by atoms with Crippen LogP contribution in [0.2, 0.25) is 0 Å². The maximum atomic E-state index is 13.3. The number of aryl methyl sites for hydroxylation is 1. The van der Waals surface area contributed by atoms with E-state index in [9.17, 15) is 22.8 Å². The second kappa shape index (κ2) is 10.8. The highest BCUT2D eigenvalue weighted by Crippen LogP contribution is 2.30. The second-order valence-electron chi connectivity index (χ2n) is 8.25. The van der Waals surface area contributed by atoms with E-state index in [4.69, 9.17) is 0 Å². The van der Waals surface area contributed by atoms with Gasteiger partial charge in [-0.2, -0.15) is 0 Å². The highest BCUT2D eigenvalue weighted by atomic mass is 32.2. The van der Waals surface area contributed by atoms with Crippen LogP contribution in [-0.4, -0.2) is 54.5 Å². The normalized spacial score (nSPS) is 15.0. The Hall–Kier alpha value is -3.20. The van der Waals surface area contributed by atoms with Crippen LogP contribution in [0.15, 0.2) is 53.4 Å². The lowest BCUT2D eigenvalue weighted by molar-refractivity contribution is -0.141. The van der Waals surface area contributed by atoms with Crippen LogP contribution in [-0.2, 0) is 26.2 Å². The Bertz CT molecular complexity index is 1180. The van der Waals surface area contributed by atoms with Crippen molar-refractivity contribution in [2.75, 3.05) is 13.1 Å². The van der Waals surface area contributed by atoms with Crippen LogP contribution >= 0.6 is 0 Å². The molecule has 34 heavy (non-hydrogen) atoms. The molecule has 0 unspecified atom stereocenters. The van der Waals surface area contributed by atoms with Gasteiger partial charge in [-0.3, -0.25) is 14.4 Å². The van der Waals surface area contributed by atoms with Gasteiger partial charge in [0.25, 0.3) is 15.9 Å². The van der Waals surface area contributed by atoms with Crippen LogP contribution in [0.4, 0.5) is 0 Å². The van der Waals surface area contributed by atoms with Gasteiger partial charge in [-0.25, -0.2) is 12.7 Å². The van der Waals surface area contributed by atoms with Gasteiger partial charge in [0.2, 0.25) is 11.8 Å². The van der Waals surface area contributed by atoms with E-state index in [1.807, 2.05) is 45.0 Å². The Morgan fingerprint density at radius 1 is 1.06 bits per heavy atom. The van der Waals surface area contributed by atoms with Gasteiger partial charge in [0.05, 0.1) is 5.56 Å². The lowest BCUT2D eigenvalue weighted by Gasteiger charge is -2.31. The van der Waals surface area contributed by atoms with Crippen LogP contribution in [0.1, 0.15) is 54.6 Å². The first kappa shape index (κ1) is 25.4. The zero-order valence-electron chi connectivity index (χ0n) is 19.8. The number of likely N-dealkylation sites (N-methyl/N-ethyl adjacent to an activating group) is 1. The average molecular weight is 486 g/mol. The average Bonchev–Trinajstić information content (AvgIpc) is 3.01. The minimum absolute atomic E-state index is 0.00482. The fourth-order valence-electron chi connectivity index (χ4n) is 4.15. The van der Waals surface area contributed by atoms with Gasteiger partial charge in [0, 0.05) is 26.1 Å². The van der Waals surface area contributed by atoms with Crippen molar-refractivity contribution in [2.24, 2.45) is 0 Å². The first-order valence-electron chi connectivity index (χ1n) is 11.5. The molecular weight excluding hydrogens is 454 g/mol. The number of nitrogens with one attached hydrogen (secondary N) is 1. The topological polar surface area (TPSA) is 104 Å². The number of hydrogen-bond acceptors (Lipinski definition) is 5. The number of carbonyl (C=O) groups excluding carboxylic acids is 3. The molecule has 3 amide bonds. The van der Waals surface area contributed by atoms with Gasteiger partial charge in [-0.05, 0) is 49.9 Å². The Kier molecular flexibility index (Phi) is 8.09. The summed E-state index contributed by atoms with van der Waals surface area (Å²) in [6.07, 6.45) is 0.614. The molecule has 2 aromatic rings. The lowest BCUT2D eigenvalue weighted by Crippen LogP contribution is -2.49. The maximum absolute atomic E-state index is 13.3. The molecule has 9 heteroatoms. The Labute approximate surface area is 201 Å². The van der Waals surface area contributed by atoms with Gasteiger partial charge in [-0.1, -0.05) is 43.3 Å². The lowest BCUT2D eigenvalue weighted by atomic mass is 10.1. The molecule has 1 atom stereocenters. The number of amides is 3. The van der Waals surface area contributed by atoms with Crippen LogP contribution in [0.3, 0.4) is 0 Å². The zero-order chi connectivity index (χ0) is 24.9. The van der Waals surface area contributed by atoms with Crippen molar-refractivity contribution in [3.63, 3.8) is 0 Å².